The molecular weight excluding hydrogens is 449 g/mol. The van der Waals surface area contributed by atoms with Crippen LogP contribution in [0.1, 0.15) is 0 Å². The number of halogens is 2. The lowest BCUT2D eigenvalue weighted by molar-refractivity contribution is -0.119. The highest BCUT2D eigenvalue weighted by molar-refractivity contribution is 7.92. The first-order valence-electron chi connectivity index (χ1n) is 8.70. The summed E-state index contributed by atoms with van der Waals surface area (Å²) in [6.07, 6.45) is 0. The molecule has 0 bridgehead atoms. The summed E-state index contributed by atoms with van der Waals surface area (Å²) in [4.78, 5) is 14.4. The lowest BCUT2D eigenvalue weighted by atomic mass is 9.97. The molecule has 12 heteroatoms. The maximum atomic E-state index is 12.6. The van der Waals surface area contributed by atoms with Gasteiger partial charge in [-0.3, -0.25) is 9.69 Å². The zero-order chi connectivity index (χ0) is 20.3. The van der Waals surface area contributed by atoms with Crippen LogP contribution in [0.3, 0.4) is 0 Å². The van der Waals surface area contributed by atoms with Gasteiger partial charge in [-0.25, -0.2) is 16.8 Å². The van der Waals surface area contributed by atoms with E-state index in [1.165, 1.54) is 6.07 Å². The Morgan fingerprint density at radius 2 is 1.46 bits per heavy atom. The number of nitrogens with zero attached hydrogens (tertiary/aromatic N) is 1. The molecular formula is C16H19Cl2N3O5S2. The molecule has 28 heavy (non-hydrogen) atoms. The number of hydrogen-bond donors (Lipinski definition) is 2. The van der Waals surface area contributed by atoms with Crippen molar-refractivity contribution in [3.63, 3.8) is 0 Å². The van der Waals surface area contributed by atoms with Gasteiger partial charge in [0.05, 0.1) is 29.6 Å². The summed E-state index contributed by atoms with van der Waals surface area (Å²) >= 11 is 11.9. The van der Waals surface area contributed by atoms with Gasteiger partial charge in [-0.15, -0.1) is 0 Å². The molecule has 3 fully saturated rings. The zero-order valence-electron chi connectivity index (χ0n) is 14.6. The molecule has 0 spiro atoms. The van der Waals surface area contributed by atoms with Crippen molar-refractivity contribution >= 4 is 54.5 Å². The second kappa shape index (κ2) is 7.10. The van der Waals surface area contributed by atoms with Crippen molar-refractivity contribution in [1.82, 2.24) is 10.2 Å². The van der Waals surface area contributed by atoms with Crippen LogP contribution in [0.4, 0.5) is 5.69 Å². The number of benzene rings is 1. The number of rotatable bonds is 3. The van der Waals surface area contributed by atoms with E-state index in [0.29, 0.717) is 15.7 Å². The minimum Gasteiger partial charge on any atom is -0.325 e. The third-order valence-electron chi connectivity index (χ3n) is 5.40. The van der Waals surface area contributed by atoms with Gasteiger partial charge in [0.25, 0.3) is 0 Å². The van der Waals surface area contributed by atoms with Crippen molar-refractivity contribution in [2.24, 2.45) is 0 Å². The molecule has 4 rings (SSSR count). The lowest BCUT2D eigenvalue weighted by Gasteiger charge is -2.44. The van der Waals surface area contributed by atoms with Crippen LogP contribution < -0.4 is 10.6 Å². The molecule has 1 amide bonds. The Bertz CT molecular complexity index is 962. The first kappa shape index (κ1) is 20.4. The normalized spacial score (nSPS) is 33.2. The number of fused-ring (bicyclic) bond motifs is 2. The van der Waals surface area contributed by atoms with E-state index in [9.17, 15) is 21.6 Å². The Kier molecular flexibility index (Phi) is 5.17. The summed E-state index contributed by atoms with van der Waals surface area (Å²) in [6.45, 7) is -0.112. The van der Waals surface area contributed by atoms with E-state index in [4.69, 9.17) is 23.2 Å². The molecule has 0 radical (unpaired) electrons. The Labute approximate surface area is 173 Å². The van der Waals surface area contributed by atoms with Gasteiger partial charge in [-0.2, -0.15) is 0 Å². The molecule has 0 aromatic heterocycles. The number of sulfone groups is 2. The average molecular weight is 468 g/mol. The van der Waals surface area contributed by atoms with Crippen molar-refractivity contribution in [2.75, 3.05) is 34.9 Å². The number of nitrogens with one attached hydrogen (secondary N) is 2. The van der Waals surface area contributed by atoms with Gasteiger partial charge in [0.15, 0.2) is 19.7 Å². The molecule has 0 saturated carbocycles. The molecule has 4 atom stereocenters. The van der Waals surface area contributed by atoms with E-state index in [1.54, 1.807) is 17.0 Å². The fourth-order valence-electron chi connectivity index (χ4n) is 4.38. The predicted molar refractivity (Wildman–Crippen MR) is 107 cm³/mol. The summed E-state index contributed by atoms with van der Waals surface area (Å²) in [6, 6.07) is 3.00. The topological polar surface area (TPSA) is 113 Å². The molecule has 1 aromatic rings. The van der Waals surface area contributed by atoms with Gasteiger partial charge in [-0.1, -0.05) is 23.2 Å². The number of carbonyl (C=O) groups is 1. The molecule has 4 unspecified atom stereocenters. The largest absolute Gasteiger partial charge is 0.325 e. The monoisotopic (exact) mass is 467 g/mol. The average Bonchev–Trinajstić information content (AvgIpc) is 2.99. The van der Waals surface area contributed by atoms with E-state index in [-0.39, 0.29) is 47.5 Å². The van der Waals surface area contributed by atoms with E-state index in [2.05, 4.69) is 10.6 Å². The number of amides is 1. The molecule has 154 valence electrons. The van der Waals surface area contributed by atoms with Gasteiger partial charge >= 0.3 is 0 Å². The third-order valence-corrected chi connectivity index (χ3v) is 9.27. The highest BCUT2D eigenvalue weighted by Gasteiger charge is 2.54. The fourth-order valence-corrected chi connectivity index (χ4v) is 8.80. The standard InChI is InChI=1S/C16H19Cl2N3O5S2/c17-9-1-10(18)3-11(2-9)19-16(22)4-21-14-7-27(23,24)5-12(14)20-13-6-28(25,26)8-15(13)21/h1-3,12-15,20H,4-8H2,(H,19,22). The second-order valence-corrected chi connectivity index (χ2v) is 12.7. The minimum absolute atomic E-state index is 0.0526. The van der Waals surface area contributed by atoms with Crippen molar-refractivity contribution in [2.45, 2.75) is 24.2 Å². The molecule has 3 aliphatic heterocycles. The van der Waals surface area contributed by atoms with Crippen LogP contribution in [0.5, 0.6) is 0 Å². The smallest absolute Gasteiger partial charge is 0.238 e. The van der Waals surface area contributed by atoms with Crippen LogP contribution in [0.2, 0.25) is 10.0 Å². The Morgan fingerprint density at radius 1 is 0.964 bits per heavy atom. The zero-order valence-corrected chi connectivity index (χ0v) is 17.8. The van der Waals surface area contributed by atoms with E-state index < -0.39 is 31.8 Å². The van der Waals surface area contributed by atoms with Gasteiger partial charge in [0.2, 0.25) is 5.91 Å². The van der Waals surface area contributed by atoms with E-state index in [1.807, 2.05) is 0 Å². The fraction of sp³-hybridized carbons (Fsp3) is 0.562. The van der Waals surface area contributed by atoms with Crippen LogP contribution in [0.15, 0.2) is 18.2 Å². The number of carbonyl (C=O) groups excluding carboxylic acids is 1. The Morgan fingerprint density at radius 3 is 1.96 bits per heavy atom. The molecule has 3 saturated heterocycles. The second-order valence-electron chi connectivity index (χ2n) is 7.55. The first-order valence-corrected chi connectivity index (χ1v) is 13.1. The van der Waals surface area contributed by atoms with Crippen molar-refractivity contribution in [1.29, 1.82) is 0 Å². The molecule has 1 aromatic carbocycles. The molecule has 8 nitrogen and oxygen atoms in total. The molecule has 2 N–H and O–H groups in total. The Balaban J connectivity index is 1.56. The minimum atomic E-state index is -3.25. The molecule has 0 aliphatic carbocycles. The van der Waals surface area contributed by atoms with Crippen LogP contribution in [0.25, 0.3) is 0 Å². The van der Waals surface area contributed by atoms with Crippen LogP contribution >= 0.6 is 23.2 Å². The van der Waals surface area contributed by atoms with Gasteiger partial charge < -0.3 is 10.6 Å². The van der Waals surface area contributed by atoms with Crippen molar-refractivity contribution in [3.05, 3.63) is 28.2 Å². The summed E-state index contributed by atoms with van der Waals surface area (Å²) in [7, 11) is -6.50. The number of piperazine rings is 1. The number of hydrogen-bond acceptors (Lipinski definition) is 7. The summed E-state index contributed by atoms with van der Waals surface area (Å²) in [5.74, 6) is -0.674. The highest BCUT2D eigenvalue weighted by atomic mass is 35.5. The van der Waals surface area contributed by atoms with Crippen LogP contribution in [-0.4, -0.2) is 81.4 Å². The van der Waals surface area contributed by atoms with Gasteiger partial charge in [0, 0.05) is 39.9 Å². The third kappa shape index (κ3) is 4.17. The predicted octanol–water partition coefficient (Wildman–Crippen LogP) is 0.168. The SMILES string of the molecule is O=C(CN1C2CS(=O)(=O)CC2NC2CS(=O)(=O)CC21)Nc1cc(Cl)cc(Cl)c1. The van der Waals surface area contributed by atoms with Crippen LogP contribution in [0, 0.1) is 0 Å². The first-order chi connectivity index (χ1) is 13.0. The summed E-state index contributed by atoms with van der Waals surface area (Å²) < 4.78 is 48.5. The van der Waals surface area contributed by atoms with Gasteiger partial charge in [-0.05, 0) is 18.2 Å². The molecule has 3 heterocycles. The van der Waals surface area contributed by atoms with Crippen molar-refractivity contribution in [3.8, 4) is 0 Å². The van der Waals surface area contributed by atoms with Crippen molar-refractivity contribution < 1.29 is 21.6 Å². The number of anilines is 1. The molecule has 3 aliphatic rings. The van der Waals surface area contributed by atoms with E-state index >= 15 is 0 Å². The summed E-state index contributed by atoms with van der Waals surface area (Å²) in [5, 5.41) is 6.63. The quantitative estimate of drug-likeness (QED) is 0.650. The summed E-state index contributed by atoms with van der Waals surface area (Å²) in [5.41, 5.74) is 0.420. The highest BCUT2D eigenvalue weighted by Crippen LogP contribution is 2.31. The maximum absolute atomic E-state index is 12.6. The van der Waals surface area contributed by atoms with E-state index in [0.717, 1.165) is 0 Å². The Hall–Kier alpha value is -0.910. The maximum Gasteiger partial charge on any atom is 0.238 e. The van der Waals surface area contributed by atoms with Gasteiger partial charge in [0.1, 0.15) is 0 Å². The lowest BCUT2D eigenvalue weighted by Crippen LogP contribution is -2.67. The van der Waals surface area contributed by atoms with Crippen LogP contribution in [-0.2, 0) is 24.5 Å².